The Labute approximate surface area is 86.3 Å². The second-order valence-electron chi connectivity index (χ2n) is 4.08. The number of thioether (sulfide) groups is 1. The monoisotopic (exact) mass is 204 g/mol. The first-order chi connectivity index (χ1) is 5.68. The fraction of sp³-hybridized carbons (Fsp3) is 1.00. The van der Waals surface area contributed by atoms with Gasteiger partial charge in [-0.1, -0.05) is 26.7 Å². The first-order valence-corrected chi connectivity index (χ1v) is 6.54. The van der Waals surface area contributed by atoms with E-state index >= 15 is 0 Å². The molecule has 0 radical (unpaired) electrons. The first kappa shape index (κ1) is 10.8. The number of hydrogen-bond acceptors (Lipinski definition) is 2. The van der Waals surface area contributed by atoms with Crippen molar-refractivity contribution in [3.8, 4) is 0 Å². The zero-order valence-electron chi connectivity index (χ0n) is 8.12. The summed E-state index contributed by atoms with van der Waals surface area (Å²) < 4.78 is 0. The summed E-state index contributed by atoms with van der Waals surface area (Å²) in [5.41, 5.74) is 0. The van der Waals surface area contributed by atoms with Gasteiger partial charge in [0.05, 0.1) is 0 Å². The molecule has 3 unspecified atom stereocenters. The van der Waals surface area contributed by atoms with E-state index in [1.54, 1.807) is 0 Å². The van der Waals surface area contributed by atoms with Crippen molar-refractivity contribution in [1.29, 1.82) is 0 Å². The maximum absolute atomic E-state index is 4.41. The molecule has 0 bridgehead atoms. The van der Waals surface area contributed by atoms with Crippen molar-refractivity contribution in [2.75, 3.05) is 5.75 Å². The molecule has 72 valence electrons. The minimum absolute atomic E-state index is 0.579. The van der Waals surface area contributed by atoms with E-state index in [-0.39, 0.29) is 0 Å². The van der Waals surface area contributed by atoms with Crippen LogP contribution in [-0.2, 0) is 0 Å². The topological polar surface area (TPSA) is 0 Å². The lowest BCUT2D eigenvalue weighted by Gasteiger charge is -2.12. The van der Waals surface area contributed by atoms with Gasteiger partial charge in [0.25, 0.3) is 0 Å². The molecule has 1 heterocycles. The second kappa shape index (κ2) is 5.43. The fourth-order valence-electron chi connectivity index (χ4n) is 1.63. The van der Waals surface area contributed by atoms with Gasteiger partial charge in [-0.05, 0) is 24.0 Å². The Kier molecular flexibility index (Phi) is 4.88. The van der Waals surface area contributed by atoms with Crippen LogP contribution in [0.2, 0.25) is 0 Å². The van der Waals surface area contributed by atoms with Crippen molar-refractivity contribution in [2.45, 2.75) is 50.0 Å². The van der Waals surface area contributed by atoms with Crippen LogP contribution in [0.3, 0.4) is 0 Å². The van der Waals surface area contributed by atoms with Crippen LogP contribution in [0.4, 0.5) is 0 Å². The summed E-state index contributed by atoms with van der Waals surface area (Å²) in [5.74, 6) is 2.30. The van der Waals surface area contributed by atoms with Crippen LogP contribution in [-0.4, -0.2) is 16.3 Å². The maximum atomic E-state index is 4.41. The average Bonchev–Trinajstić information content (AvgIpc) is 2.69. The normalized spacial score (nSPS) is 26.8. The van der Waals surface area contributed by atoms with Gasteiger partial charge in [0.15, 0.2) is 0 Å². The van der Waals surface area contributed by atoms with Gasteiger partial charge >= 0.3 is 0 Å². The molecule has 0 aromatic heterocycles. The van der Waals surface area contributed by atoms with E-state index in [4.69, 9.17) is 0 Å². The largest absolute Gasteiger partial charge is 0.176 e. The molecule has 0 N–H and O–H groups in total. The summed E-state index contributed by atoms with van der Waals surface area (Å²) in [6.07, 6.45) is 5.57. The van der Waals surface area contributed by atoms with Crippen LogP contribution < -0.4 is 0 Å². The lowest BCUT2D eigenvalue weighted by atomic mass is 9.98. The van der Waals surface area contributed by atoms with E-state index in [2.05, 4.69) is 38.2 Å². The van der Waals surface area contributed by atoms with Gasteiger partial charge in [0.2, 0.25) is 0 Å². The van der Waals surface area contributed by atoms with Gasteiger partial charge in [-0.2, -0.15) is 24.4 Å². The number of hydrogen-bond donors (Lipinski definition) is 1. The predicted molar refractivity (Wildman–Crippen MR) is 62.3 cm³/mol. The molecule has 1 rings (SSSR count). The van der Waals surface area contributed by atoms with E-state index in [0.717, 1.165) is 11.2 Å². The van der Waals surface area contributed by atoms with Gasteiger partial charge < -0.3 is 0 Å². The van der Waals surface area contributed by atoms with Gasteiger partial charge in [0.1, 0.15) is 0 Å². The molecule has 1 aliphatic rings. The Bertz CT molecular complexity index is 119. The lowest BCUT2D eigenvalue weighted by Crippen LogP contribution is -2.02. The van der Waals surface area contributed by atoms with Crippen LogP contribution in [0.5, 0.6) is 0 Å². The Balaban J connectivity index is 1.89. The minimum Gasteiger partial charge on any atom is -0.176 e. The molecule has 12 heavy (non-hydrogen) atoms. The highest BCUT2D eigenvalue weighted by atomic mass is 32.2. The highest BCUT2D eigenvalue weighted by Crippen LogP contribution is 2.34. The molecule has 1 fully saturated rings. The zero-order valence-corrected chi connectivity index (χ0v) is 9.83. The third-order valence-electron chi connectivity index (χ3n) is 2.37. The van der Waals surface area contributed by atoms with Crippen LogP contribution in [0.15, 0.2) is 0 Å². The molecular weight excluding hydrogens is 184 g/mol. The lowest BCUT2D eigenvalue weighted by molar-refractivity contribution is 0.469. The summed E-state index contributed by atoms with van der Waals surface area (Å²) >= 11 is 6.53. The quantitative estimate of drug-likeness (QED) is 0.509. The molecule has 0 nitrogen and oxygen atoms in total. The van der Waals surface area contributed by atoms with Crippen molar-refractivity contribution in [3.05, 3.63) is 0 Å². The van der Waals surface area contributed by atoms with Gasteiger partial charge in [-0.3, -0.25) is 0 Å². The second-order valence-corrected chi connectivity index (χ2v) is 6.29. The molecule has 1 saturated heterocycles. The van der Waals surface area contributed by atoms with Crippen LogP contribution in [0.1, 0.15) is 39.5 Å². The summed E-state index contributed by atoms with van der Waals surface area (Å²) in [4.78, 5) is 0. The number of thiol groups is 1. The number of rotatable bonds is 6. The van der Waals surface area contributed by atoms with E-state index in [1.165, 1.54) is 31.4 Å². The average molecular weight is 204 g/mol. The van der Waals surface area contributed by atoms with Crippen molar-refractivity contribution >= 4 is 24.4 Å². The van der Waals surface area contributed by atoms with Crippen LogP contribution in [0.25, 0.3) is 0 Å². The highest BCUT2D eigenvalue weighted by Gasteiger charge is 2.21. The summed E-state index contributed by atoms with van der Waals surface area (Å²) in [5, 5.41) is 1.61. The van der Waals surface area contributed by atoms with Gasteiger partial charge in [-0.15, -0.1) is 0 Å². The van der Waals surface area contributed by atoms with Crippen molar-refractivity contribution in [2.24, 2.45) is 5.92 Å². The summed E-state index contributed by atoms with van der Waals surface area (Å²) in [6.45, 7) is 4.54. The fourth-order valence-corrected chi connectivity index (χ4v) is 2.62. The zero-order chi connectivity index (χ0) is 8.97. The molecule has 0 amide bonds. The first-order valence-electron chi connectivity index (χ1n) is 4.98. The molecule has 0 saturated carbocycles. The highest BCUT2D eigenvalue weighted by molar-refractivity contribution is 8.06. The Morgan fingerprint density at radius 3 is 2.67 bits per heavy atom. The van der Waals surface area contributed by atoms with E-state index < -0.39 is 0 Å². The molecule has 0 aromatic carbocycles. The minimum atomic E-state index is 0.579. The van der Waals surface area contributed by atoms with Crippen LogP contribution in [0, 0.1) is 5.92 Å². The molecule has 0 aliphatic carbocycles. The summed E-state index contributed by atoms with van der Waals surface area (Å²) in [7, 11) is 0. The van der Waals surface area contributed by atoms with Gasteiger partial charge in [-0.25, -0.2) is 0 Å². The predicted octanol–water partition coefficient (Wildman–Crippen LogP) is 3.62. The standard InChI is InChI=1S/C10H20S2/c1-8(6-9(2)11)4-3-5-10-7-12-10/h8-11H,3-7H2,1-2H3. The molecule has 1 aliphatic heterocycles. The van der Waals surface area contributed by atoms with E-state index in [9.17, 15) is 0 Å². The molecule has 2 heteroatoms. The van der Waals surface area contributed by atoms with E-state index in [1.807, 2.05) is 0 Å². The van der Waals surface area contributed by atoms with Crippen molar-refractivity contribution < 1.29 is 0 Å². The summed E-state index contributed by atoms with van der Waals surface area (Å²) in [6, 6.07) is 0. The van der Waals surface area contributed by atoms with E-state index in [0.29, 0.717) is 5.25 Å². The third kappa shape index (κ3) is 5.36. The Hall–Kier alpha value is 0.700. The molecule has 0 spiro atoms. The SMILES string of the molecule is CC(S)CC(C)CCCC1CS1. The molecular formula is C10H20S2. The smallest absolute Gasteiger partial charge is 0.0138 e. The maximum Gasteiger partial charge on any atom is 0.0138 e. The van der Waals surface area contributed by atoms with Crippen molar-refractivity contribution in [3.63, 3.8) is 0 Å². The van der Waals surface area contributed by atoms with Crippen molar-refractivity contribution in [1.82, 2.24) is 0 Å². The Morgan fingerprint density at radius 2 is 2.17 bits per heavy atom. The Morgan fingerprint density at radius 1 is 1.50 bits per heavy atom. The third-order valence-corrected chi connectivity index (χ3v) is 3.62. The van der Waals surface area contributed by atoms with Gasteiger partial charge in [0, 0.05) is 11.0 Å². The molecule has 0 aromatic rings. The van der Waals surface area contributed by atoms with Crippen LogP contribution >= 0.6 is 24.4 Å². The molecule has 3 atom stereocenters.